The molecule has 5 amide bonds. The first kappa shape index (κ1) is 32.6. The number of nitrogens with zero attached hydrogens (tertiary/aromatic N) is 1. The standard InChI is InChI=1S/C30H43N5O7/c1-17-15-35(23(18(17)2)27(39)33-21(13-19-11-12-19)24(37)26(31)38)28(40)25(30(3,4)5)34-29(41)32-14-22(36)42-16-20-9-7-6-8-10-20/h6-10,17-19,21,23,25H,11-16H2,1-5H3,(H2,31,38)(H,33,39)(H2,32,34,41)/t17-,18?,21?,23?,25?/m0/s1. The van der Waals surface area contributed by atoms with Gasteiger partial charge in [0.15, 0.2) is 0 Å². The number of Topliss-reactive ketones (excluding diaryl/α,β-unsaturated/α-hetero) is 1. The van der Waals surface area contributed by atoms with Crippen LogP contribution >= 0.6 is 0 Å². The number of urea groups is 1. The topological polar surface area (TPSA) is 177 Å². The molecule has 2 aliphatic rings. The van der Waals surface area contributed by atoms with Gasteiger partial charge in [-0.3, -0.25) is 24.0 Å². The number of primary amides is 1. The normalized spacial score (nSPS) is 21.5. The van der Waals surface area contributed by atoms with Crippen LogP contribution in [0.3, 0.4) is 0 Å². The summed E-state index contributed by atoms with van der Waals surface area (Å²) in [6.07, 6.45) is 2.13. The monoisotopic (exact) mass is 585 g/mol. The highest BCUT2D eigenvalue weighted by atomic mass is 16.5. The van der Waals surface area contributed by atoms with E-state index in [0.717, 1.165) is 18.4 Å². The van der Waals surface area contributed by atoms with Crippen molar-refractivity contribution in [2.24, 2.45) is 28.9 Å². The molecule has 0 aromatic heterocycles. The Kier molecular flexibility index (Phi) is 10.7. The zero-order valence-corrected chi connectivity index (χ0v) is 25.0. The van der Waals surface area contributed by atoms with E-state index in [1.54, 1.807) is 20.8 Å². The van der Waals surface area contributed by atoms with Gasteiger partial charge in [-0.25, -0.2) is 4.79 Å². The third kappa shape index (κ3) is 8.77. The van der Waals surface area contributed by atoms with Gasteiger partial charge >= 0.3 is 12.0 Å². The third-order valence-electron chi connectivity index (χ3n) is 7.93. The number of carbonyl (C=O) groups is 6. The second kappa shape index (κ2) is 13.8. The minimum atomic E-state index is -1.12. The van der Waals surface area contributed by atoms with Crippen molar-refractivity contribution >= 4 is 35.5 Å². The molecule has 3 rings (SSSR count). The van der Waals surface area contributed by atoms with Crippen molar-refractivity contribution in [2.45, 2.75) is 78.6 Å². The largest absolute Gasteiger partial charge is 0.460 e. The molecule has 0 radical (unpaired) electrons. The fourth-order valence-electron chi connectivity index (χ4n) is 5.08. The summed E-state index contributed by atoms with van der Waals surface area (Å²) in [5.41, 5.74) is 5.28. The molecule has 1 heterocycles. The van der Waals surface area contributed by atoms with Crippen LogP contribution in [0, 0.1) is 23.2 Å². The Labute approximate surface area is 246 Å². The lowest BCUT2D eigenvalue weighted by atomic mass is 9.85. The zero-order valence-electron chi connectivity index (χ0n) is 25.0. The summed E-state index contributed by atoms with van der Waals surface area (Å²) in [7, 11) is 0. The van der Waals surface area contributed by atoms with Crippen LogP contribution < -0.4 is 21.7 Å². The van der Waals surface area contributed by atoms with Crippen LogP contribution in [0.5, 0.6) is 0 Å². The van der Waals surface area contributed by atoms with E-state index in [1.165, 1.54) is 4.90 Å². The van der Waals surface area contributed by atoms with E-state index in [0.29, 0.717) is 6.42 Å². The maximum absolute atomic E-state index is 13.9. The Morgan fingerprint density at radius 3 is 2.24 bits per heavy atom. The van der Waals surface area contributed by atoms with Crippen LogP contribution in [0.15, 0.2) is 30.3 Å². The summed E-state index contributed by atoms with van der Waals surface area (Å²) >= 11 is 0. The van der Waals surface area contributed by atoms with E-state index in [4.69, 9.17) is 10.5 Å². The van der Waals surface area contributed by atoms with Crippen molar-refractivity contribution in [1.82, 2.24) is 20.9 Å². The summed E-state index contributed by atoms with van der Waals surface area (Å²) < 4.78 is 5.18. The Morgan fingerprint density at radius 1 is 1.02 bits per heavy atom. The van der Waals surface area contributed by atoms with E-state index in [-0.39, 0.29) is 30.9 Å². The predicted molar refractivity (Wildman–Crippen MR) is 153 cm³/mol. The molecule has 12 nitrogen and oxygen atoms in total. The second-order valence-corrected chi connectivity index (χ2v) is 12.5. The Hall–Kier alpha value is -3.96. The number of rotatable bonds is 12. The number of likely N-dealkylation sites (tertiary alicyclic amines) is 1. The smallest absolute Gasteiger partial charge is 0.325 e. The average Bonchev–Trinajstić information content (AvgIpc) is 3.70. The molecule has 230 valence electrons. The molecule has 5 atom stereocenters. The van der Waals surface area contributed by atoms with Gasteiger partial charge in [-0.05, 0) is 35.2 Å². The number of amides is 5. The van der Waals surface area contributed by atoms with Gasteiger partial charge in [-0.1, -0.05) is 77.8 Å². The van der Waals surface area contributed by atoms with Crippen LogP contribution in [0.1, 0.15) is 59.4 Å². The minimum absolute atomic E-state index is 0.0488. The third-order valence-corrected chi connectivity index (χ3v) is 7.93. The molecule has 5 N–H and O–H groups in total. The summed E-state index contributed by atoms with van der Waals surface area (Å²) in [6, 6.07) is 5.36. The first-order chi connectivity index (χ1) is 19.7. The quantitative estimate of drug-likeness (QED) is 0.211. The van der Waals surface area contributed by atoms with Crippen molar-refractivity contribution < 1.29 is 33.5 Å². The number of esters is 1. The SMILES string of the molecule is CC1C(C(=O)NC(CC2CC2)C(=O)C(N)=O)N(C(=O)C(NC(=O)NCC(=O)OCc2ccccc2)C(C)(C)C)C[C@@H]1C. The second-order valence-electron chi connectivity index (χ2n) is 12.5. The highest BCUT2D eigenvalue weighted by molar-refractivity contribution is 6.37. The predicted octanol–water partition coefficient (Wildman–Crippen LogP) is 1.27. The molecule has 4 unspecified atom stereocenters. The summed E-state index contributed by atoms with van der Waals surface area (Å²) in [6.45, 7) is 9.02. The Morgan fingerprint density at radius 2 is 1.67 bits per heavy atom. The van der Waals surface area contributed by atoms with Crippen LogP contribution in [0.4, 0.5) is 4.79 Å². The average molecular weight is 586 g/mol. The van der Waals surface area contributed by atoms with Gasteiger partial charge in [0.1, 0.15) is 25.2 Å². The number of hydrogen-bond acceptors (Lipinski definition) is 7. The number of benzene rings is 1. The van der Waals surface area contributed by atoms with E-state index >= 15 is 0 Å². The van der Waals surface area contributed by atoms with Gasteiger partial charge in [-0.2, -0.15) is 0 Å². The molecule has 0 spiro atoms. The van der Waals surface area contributed by atoms with Gasteiger partial charge in [0, 0.05) is 6.54 Å². The van der Waals surface area contributed by atoms with Crippen molar-refractivity contribution in [1.29, 1.82) is 0 Å². The van der Waals surface area contributed by atoms with Gasteiger partial charge in [-0.15, -0.1) is 0 Å². The van der Waals surface area contributed by atoms with Gasteiger partial charge in [0.05, 0.1) is 6.04 Å². The highest BCUT2D eigenvalue weighted by Crippen LogP contribution is 2.35. The molecular formula is C30H43N5O7. The molecule has 12 heteroatoms. The lowest BCUT2D eigenvalue weighted by molar-refractivity contribution is -0.144. The molecule has 1 saturated heterocycles. The summed E-state index contributed by atoms with van der Waals surface area (Å²) in [5.74, 6) is -3.70. The van der Waals surface area contributed by atoms with Crippen LogP contribution in [0.2, 0.25) is 0 Å². The van der Waals surface area contributed by atoms with Crippen molar-refractivity contribution in [2.75, 3.05) is 13.1 Å². The van der Waals surface area contributed by atoms with Gasteiger partial charge in [0.25, 0.3) is 5.91 Å². The van der Waals surface area contributed by atoms with Gasteiger partial charge in [0.2, 0.25) is 17.6 Å². The first-order valence-corrected chi connectivity index (χ1v) is 14.4. The molecule has 1 aromatic carbocycles. The Balaban J connectivity index is 1.66. The molecule has 1 aromatic rings. The lowest BCUT2D eigenvalue weighted by Crippen LogP contribution is -2.60. The molecule has 0 bridgehead atoms. The van der Waals surface area contributed by atoms with Crippen molar-refractivity contribution in [3.8, 4) is 0 Å². The summed E-state index contributed by atoms with van der Waals surface area (Å²) in [5, 5.41) is 7.79. The molecule has 1 saturated carbocycles. The number of carbonyl (C=O) groups excluding carboxylic acids is 6. The van der Waals surface area contributed by atoms with Crippen LogP contribution in [0.25, 0.3) is 0 Å². The number of ketones is 1. The van der Waals surface area contributed by atoms with Crippen LogP contribution in [-0.2, 0) is 35.3 Å². The first-order valence-electron chi connectivity index (χ1n) is 14.4. The molecule has 1 aliphatic carbocycles. The number of ether oxygens (including phenoxy) is 1. The molecule has 2 fully saturated rings. The van der Waals surface area contributed by atoms with Crippen molar-refractivity contribution in [3.63, 3.8) is 0 Å². The minimum Gasteiger partial charge on any atom is -0.460 e. The Bertz CT molecular complexity index is 1180. The van der Waals surface area contributed by atoms with E-state index in [2.05, 4.69) is 16.0 Å². The molecular weight excluding hydrogens is 542 g/mol. The molecule has 42 heavy (non-hydrogen) atoms. The molecule has 1 aliphatic heterocycles. The van der Waals surface area contributed by atoms with E-state index in [9.17, 15) is 28.8 Å². The van der Waals surface area contributed by atoms with Crippen LogP contribution in [-0.4, -0.2) is 71.6 Å². The van der Waals surface area contributed by atoms with E-state index < -0.39 is 65.6 Å². The fourth-order valence-corrected chi connectivity index (χ4v) is 5.08. The lowest BCUT2D eigenvalue weighted by Gasteiger charge is -2.36. The van der Waals surface area contributed by atoms with Crippen molar-refractivity contribution in [3.05, 3.63) is 35.9 Å². The fraction of sp³-hybridized carbons (Fsp3) is 0.600. The number of nitrogens with one attached hydrogen (secondary N) is 3. The van der Waals surface area contributed by atoms with Gasteiger partial charge < -0.3 is 31.3 Å². The maximum atomic E-state index is 13.9. The maximum Gasteiger partial charge on any atom is 0.325 e. The number of nitrogens with two attached hydrogens (primary N) is 1. The summed E-state index contributed by atoms with van der Waals surface area (Å²) in [4.78, 5) is 77.9. The zero-order chi connectivity index (χ0) is 31.2. The van der Waals surface area contributed by atoms with E-state index in [1.807, 2.05) is 44.2 Å². The highest BCUT2D eigenvalue weighted by Gasteiger charge is 2.48. The number of hydrogen-bond donors (Lipinski definition) is 4.